The zero-order valence-electron chi connectivity index (χ0n) is 29.3. The van der Waals surface area contributed by atoms with Crippen molar-refractivity contribution in [3.05, 3.63) is 194 Å². The molecule has 0 spiro atoms. The zero-order chi connectivity index (χ0) is 35.8. The highest BCUT2D eigenvalue weighted by Crippen LogP contribution is 2.38. The molecule has 0 saturated heterocycles. The summed E-state index contributed by atoms with van der Waals surface area (Å²) in [6, 6.07) is 65.6. The van der Waals surface area contributed by atoms with Gasteiger partial charge in [-0.05, 0) is 69.4 Å². The van der Waals surface area contributed by atoms with Gasteiger partial charge < -0.3 is 0 Å². The predicted molar refractivity (Wildman–Crippen MR) is 223 cm³/mol. The number of rotatable bonds is 6. The molecule has 54 heavy (non-hydrogen) atoms. The van der Waals surface area contributed by atoms with Gasteiger partial charge in [-0.15, -0.1) is 0 Å². The second-order valence-corrected chi connectivity index (χ2v) is 13.5. The van der Waals surface area contributed by atoms with Crippen LogP contribution in [0.2, 0.25) is 0 Å². The molecule has 0 fully saturated rings. The van der Waals surface area contributed by atoms with Crippen LogP contribution in [0.3, 0.4) is 0 Å². The molecule has 252 valence electrons. The summed E-state index contributed by atoms with van der Waals surface area (Å²) in [5, 5.41) is 6.03. The Hall–Kier alpha value is -7.30. The maximum Gasteiger partial charge on any atom is 0.160 e. The van der Waals surface area contributed by atoms with Gasteiger partial charge in [0.1, 0.15) is 0 Å². The summed E-state index contributed by atoms with van der Waals surface area (Å²) in [7, 11) is 0. The van der Waals surface area contributed by atoms with Crippen molar-refractivity contribution in [1.82, 2.24) is 19.9 Å². The SMILES string of the molecule is c1ccc(-c2cccc(-c3nc(-c4ccc(-c5cccc(-c6nc7ccccc7c7c6ccc6ccccc67)c5)cc4)cc(-c4ccccn4)n3)c2)cc1. The van der Waals surface area contributed by atoms with E-state index in [2.05, 4.69) is 163 Å². The van der Waals surface area contributed by atoms with Gasteiger partial charge in [0.25, 0.3) is 0 Å². The summed E-state index contributed by atoms with van der Waals surface area (Å²) in [5.41, 5.74) is 11.9. The first-order valence-corrected chi connectivity index (χ1v) is 18.1. The molecular formula is C50H32N4. The quantitative estimate of drug-likeness (QED) is 0.163. The molecule has 0 N–H and O–H groups in total. The van der Waals surface area contributed by atoms with E-state index >= 15 is 0 Å². The molecule has 4 heteroatoms. The Bertz CT molecular complexity index is 2960. The number of fused-ring (bicyclic) bond motifs is 5. The van der Waals surface area contributed by atoms with Crippen molar-refractivity contribution in [3.8, 4) is 67.5 Å². The first-order valence-electron chi connectivity index (χ1n) is 18.1. The summed E-state index contributed by atoms with van der Waals surface area (Å²) in [6.07, 6.45) is 1.80. The van der Waals surface area contributed by atoms with Crippen molar-refractivity contribution >= 4 is 32.4 Å². The van der Waals surface area contributed by atoms with E-state index in [1.165, 1.54) is 21.5 Å². The Morgan fingerprint density at radius 3 is 1.76 bits per heavy atom. The largest absolute Gasteiger partial charge is 0.255 e. The Balaban J connectivity index is 1.04. The minimum atomic E-state index is 0.658. The number of nitrogens with zero attached hydrogens (tertiary/aromatic N) is 4. The van der Waals surface area contributed by atoms with Crippen LogP contribution in [-0.2, 0) is 0 Å². The second kappa shape index (κ2) is 13.4. The first-order chi connectivity index (χ1) is 26.7. The molecule has 7 aromatic carbocycles. The van der Waals surface area contributed by atoms with Crippen LogP contribution in [0, 0.1) is 0 Å². The molecule has 0 amide bonds. The van der Waals surface area contributed by atoms with Gasteiger partial charge in [-0.3, -0.25) is 4.98 Å². The third kappa shape index (κ3) is 5.76. The summed E-state index contributed by atoms with van der Waals surface area (Å²) in [6.45, 7) is 0. The minimum Gasteiger partial charge on any atom is -0.255 e. The van der Waals surface area contributed by atoms with E-state index in [4.69, 9.17) is 15.0 Å². The molecule has 0 aliphatic carbocycles. The van der Waals surface area contributed by atoms with E-state index in [-0.39, 0.29) is 0 Å². The number of para-hydroxylation sites is 1. The highest BCUT2D eigenvalue weighted by Gasteiger charge is 2.15. The van der Waals surface area contributed by atoms with Crippen molar-refractivity contribution in [2.24, 2.45) is 0 Å². The standard InChI is InChI=1S/C50H32N4/c1-2-12-33(13-3-1)38-16-11-18-40(31-38)50-53-46(32-47(54-50)45-22-8-9-29-51-45)36-25-23-34(24-26-36)37-15-10-17-39(30-37)49-43-28-27-35-14-4-5-19-41(35)48(43)42-20-6-7-21-44(42)52-49/h1-32H. The van der Waals surface area contributed by atoms with Gasteiger partial charge in [0.15, 0.2) is 5.82 Å². The van der Waals surface area contributed by atoms with Crippen LogP contribution < -0.4 is 0 Å². The van der Waals surface area contributed by atoms with Crippen molar-refractivity contribution in [1.29, 1.82) is 0 Å². The molecule has 0 aliphatic heterocycles. The summed E-state index contributed by atoms with van der Waals surface area (Å²) in [5.74, 6) is 0.658. The van der Waals surface area contributed by atoms with E-state index in [1.807, 2.05) is 30.3 Å². The van der Waals surface area contributed by atoms with Crippen molar-refractivity contribution in [2.75, 3.05) is 0 Å². The maximum absolute atomic E-state index is 5.24. The lowest BCUT2D eigenvalue weighted by molar-refractivity contribution is 1.16. The van der Waals surface area contributed by atoms with Crippen LogP contribution in [0.1, 0.15) is 0 Å². The molecular weight excluding hydrogens is 657 g/mol. The molecule has 0 aliphatic rings. The van der Waals surface area contributed by atoms with Gasteiger partial charge in [-0.2, -0.15) is 0 Å². The summed E-state index contributed by atoms with van der Waals surface area (Å²) >= 11 is 0. The molecule has 0 bridgehead atoms. The molecule has 0 saturated carbocycles. The smallest absolute Gasteiger partial charge is 0.160 e. The lowest BCUT2D eigenvalue weighted by Crippen LogP contribution is -1.97. The van der Waals surface area contributed by atoms with Crippen molar-refractivity contribution in [3.63, 3.8) is 0 Å². The zero-order valence-corrected chi connectivity index (χ0v) is 29.3. The van der Waals surface area contributed by atoms with E-state index < -0.39 is 0 Å². The molecule has 4 nitrogen and oxygen atoms in total. The Labute approximate surface area is 313 Å². The summed E-state index contributed by atoms with van der Waals surface area (Å²) in [4.78, 5) is 20.0. The molecule has 10 aromatic rings. The maximum atomic E-state index is 5.24. The molecule has 3 aromatic heterocycles. The van der Waals surface area contributed by atoms with Crippen molar-refractivity contribution < 1.29 is 0 Å². The Morgan fingerprint density at radius 1 is 0.315 bits per heavy atom. The fourth-order valence-corrected chi connectivity index (χ4v) is 7.46. The third-order valence-corrected chi connectivity index (χ3v) is 10.1. The molecule has 0 atom stereocenters. The van der Waals surface area contributed by atoms with Crippen LogP contribution in [0.15, 0.2) is 194 Å². The third-order valence-electron chi connectivity index (χ3n) is 10.1. The van der Waals surface area contributed by atoms with E-state index in [9.17, 15) is 0 Å². The number of hydrogen-bond donors (Lipinski definition) is 0. The molecule has 0 unspecified atom stereocenters. The van der Waals surface area contributed by atoms with E-state index in [0.29, 0.717) is 5.82 Å². The predicted octanol–water partition coefficient (Wildman–Crippen LogP) is 12.7. The number of pyridine rings is 2. The number of hydrogen-bond acceptors (Lipinski definition) is 4. The van der Waals surface area contributed by atoms with E-state index in [1.54, 1.807) is 6.20 Å². The number of aromatic nitrogens is 4. The monoisotopic (exact) mass is 688 g/mol. The van der Waals surface area contributed by atoms with Gasteiger partial charge in [0.05, 0.1) is 28.3 Å². The molecule has 0 radical (unpaired) electrons. The van der Waals surface area contributed by atoms with Gasteiger partial charge in [0.2, 0.25) is 0 Å². The first kappa shape index (κ1) is 31.4. The van der Waals surface area contributed by atoms with Crippen LogP contribution in [-0.4, -0.2) is 19.9 Å². The van der Waals surface area contributed by atoms with E-state index in [0.717, 1.165) is 72.6 Å². The molecule has 3 heterocycles. The fraction of sp³-hybridized carbons (Fsp3) is 0. The Morgan fingerprint density at radius 2 is 0.944 bits per heavy atom. The number of benzene rings is 7. The normalized spacial score (nSPS) is 11.3. The van der Waals surface area contributed by atoms with Gasteiger partial charge in [-0.1, -0.05) is 152 Å². The van der Waals surface area contributed by atoms with Crippen LogP contribution in [0.4, 0.5) is 0 Å². The van der Waals surface area contributed by atoms with Crippen LogP contribution in [0.25, 0.3) is 100.0 Å². The lowest BCUT2D eigenvalue weighted by atomic mass is 9.94. The summed E-state index contributed by atoms with van der Waals surface area (Å²) < 4.78 is 0. The average molecular weight is 689 g/mol. The Kier molecular flexibility index (Phi) is 7.77. The lowest BCUT2D eigenvalue weighted by Gasteiger charge is -2.13. The van der Waals surface area contributed by atoms with Crippen LogP contribution in [0.5, 0.6) is 0 Å². The van der Waals surface area contributed by atoms with Crippen LogP contribution >= 0.6 is 0 Å². The van der Waals surface area contributed by atoms with Gasteiger partial charge in [0, 0.05) is 39.0 Å². The second-order valence-electron chi connectivity index (χ2n) is 13.5. The average Bonchev–Trinajstić information content (AvgIpc) is 3.26. The topological polar surface area (TPSA) is 51.6 Å². The van der Waals surface area contributed by atoms with Crippen molar-refractivity contribution in [2.45, 2.75) is 0 Å². The molecule has 10 rings (SSSR count). The highest BCUT2D eigenvalue weighted by molar-refractivity contribution is 6.22. The van der Waals surface area contributed by atoms with Gasteiger partial charge in [-0.25, -0.2) is 15.0 Å². The minimum absolute atomic E-state index is 0.658. The highest BCUT2D eigenvalue weighted by atomic mass is 14.9. The fourth-order valence-electron chi connectivity index (χ4n) is 7.46. The van der Waals surface area contributed by atoms with Gasteiger partial charge >= 0.3 is 0 Å².